The first-order chi connectivity index (χ1) is 18.4. The Morgan fingerprint density at radius 2 is 2.00 bits per heavy atom. The predicted octanol–water partition coefficient (Wildman–Crippen LogP) is 4.18. The summed E-state index contributed by atoms with van der Waals surface area (Å²) in [6.07, 6.45) is 6.04. The number of fused-ring (bicyclic) bond motifs is 1. The molecule has 1 fully saturated rings. The molecule has 3 aromatic rings. The molecular formula is C29H31ClN4O4. The molecule has 8 nitrogen and oxygen atoms in total. The van der Waals surface area contributed by atoms with Gasteiger partial charge in [0.1, 0.15) is 12.3 Å². The van der Waals surface area contributed by atoms with Crippen LogP contribution in [0.25, 0.3) is 0 Å². The van der Waals surface area contributed by atoms with Gasteiger partial charge in [-0.25, -0.2) is 4.68 Å². The third-order valence-corrected chi connectivity index (χ3v) is 8.80. The normalized spacial score (nSPS) is 24.3. The fourth-order valence-electron chi connectivity index (χ4n) is 6.58. The molecule has 0 spiro atoms. The topological polar surface area (TPSA) is 78.7 Å². The van der Waals surface area contributed by atoms with Crippen LogP contribution in [0, 0.1) is 5.92 Å². The Morgan fingerprint density at radius 1 is 1.16 bits per heavy atom. The summed E-state index contributed by atoms with van der Waals surface area (Å²) < 4.78 is 19.5. The molecule has 1 saturated heterocycles. The molecule has 0 unspecified atom stereocenters. The molecule has 3 atom stereocenters. The molecule has 0 radical (unpaired) electrons. The van der Waals surface area contributed by atoms with Gasteiger partial charge in [0.2, 0.25) is 0 Å². The number of hydrogen-bond donors (Lipinski definition) is 0. The number of piperidine rings is 1. The predicted molar refractivity (Wildman–Crippen MR) is 143 cm³/mol. The lowest BCUT2D eigenvalue weighted by Gasteiger charge is -2.56. The molecule has 38 heavy (non-hydrogen) atoms. The van der Waals surface area contributed by atoms with E-state index in [0.29, 0.717) is 47.0 Å². The molecule has 0 amide bonds. The Hall–Kier alpha value is -3.36. The minimum atomic E-state index is -0.366. The fourth-order valence-corrected chi connectivity index (χ4v) is 6.78. The Morgan fingerprint density at radius 3 is 2.79 bits per heavy atom. The molecular weight excluding hydrogens is 504 g/mol. The van der Waals surface area contributed by atoms with E-state index in [1.54, 1.807) is 18.9 Å². The van der Waals surface area contributed by atoms with Crippen molar-refractivity contribution < 1.29 is 19.0 Å². The summed E-state index contributed by atoms with van der Waals surface area (Å²) in [5.74, 6) is 2.01. The molecule has 6 rings (SSSR count). The van der Waals surface area contributed by atoms with Crippen LogP contribution in [0.3, 0.4) is 0 Å². The number of aromatic nitrogens is 3. The van der Waals surface area contributed by atoms with Gasteiger partial charge in [0.15, 0.2) is 23.0 Å². The summed E-state index contributed by atoms with van der Waals surface area (Å²) in [6, 6.07) is 12.1. The van der Waals surface area contributed by atoms with Crippen molar-refractivity contribution in [3.8, 4) is 11.5 Å². The average molecular weight is 535 g/mol. The molecule has 2 heterocycles. The van der Waals surface area contributed by atoms with E-state index in [4.69, 9.17) is 25.8 Å². The lowest BCUT2D eigenvalue weighted by atomic mass is 9.53. The number of carbonyl (C=O) groups is 1. The quantitative estimate of drug-likeness (QED) is 0.450. The number of carbonyl (C=O) groups excluding carboxylic acids is 1. The highest BCUT2D eigenvalue weighted by Crippen LogP contribution is 2.58. The van der Waals surface area contributed by atoms with Gasteiger partial charge >= 0.3 is 0 Å². The van der Waals surface area contributed by atoms with Crippen molar-refractivity contribution in [1.29, 1.82) is 0 Å². The van der Waals surface area contributed by atoms with Crippen molar-refractivity contribution in [3.63, 3.8) is 0 Å². The van der Waals surface area contributed by atoms with Crippen LogP contribution >= 0.6 is 11.6 Å². The minimum Gasteiger partial charge on any atom is -0.493 e. The molecule has 2 aromatic carbocycles. The van der Waals surface area contributed by atoms with Crippen LogP contribution in [-0.2, 0) is 34.5 Å². The van der Waals surface area contributed by atoms with Crippen LogP contribution in [0.15, 0.2) is 54.4 Å². The van der Waals surface area contributed by atoms with Gasteiger partial charge in [-0.1, -0.05) is 41.1 Å². The summed E-state index contributed by atoms with van der Waals surface area (Å²) in [6.45, 7) is 1.66. The molecule has 0 saturated carbocycles. The molecule has 1 aliphatic heterocycles. The molecule has 2 bridgehead atoms. The summed E-state index contributed by atoms with van der Waals surface area (Å²) in [4.78, 5) is 15.6. The monoisotopic (exact) mass is 534 g/mol. The van der Waals surface area contributed by atoms with E-state index in [2.05, 4.69) is 34.4 Å². The Balaban J connectivity index is 1.34. The van der Waals surface area contributed by atoms with E-state index in [1.807, 2.05) is 36.5 Å². The van der Waals surface area contributed by atoms with Gasteiger partial charge in [0.25, 0.3) is 0 Å². The van der Waals surface area contributed by atoms with Gasteiger partial charge in [-0.2, -0.15) is 0 Å². The first-order valence-electron chi connectivity index (χ1n) is 12.9. The van der Waals surface area contributed by atoms with E-state index in [1.165, 1.54) is 5.56 Å². The van der Waals surface area contributed by atoms with Crippen LogP contribution < -0.4 is 9.47 Å². The summed E-state index contributed by atoms with van der Waals surface area (Å²) >= 11 is 6.32. The summed E-state index contributed by atoms with van der Waals surface area (Å²) in [7, 11) is 5.40. The highest BCUT2D eigenvalue weighted by molar-refractivity contribution is 6.31. The number of ketones is 1. The van der Waals surface area contributed by atoms with E-state index >= 15 is 0 Å². The van der Waals surface area contributed by atoms with E-state index in [9.17, 15) is 4.79 Å². The number of ether oxygens (including phenoxy) is 3. The molecule has 9 heteroatoms. The SMILES string of the molecule is COC1=C[C@@H]2[C@@H]3Cc4ccc(OC)c(OCc5cn(Cc6ccccc6Cl)nn5)c4[C@]2(CCN3C)CC1=O. The van der Waals surface area contributed by atoms with E-state index in [-0.39, 0.29) is 23.7 Å². The minimum absolute atomic E-state index is 0.0381. The number of likely N-dealkylation sites (N-methyl/N-ethyl adjacent to an activating group) is 1. The van der Waals surface area contributed by atoms with Crippen molar-refractivity contribution in [1.82, 2.24) is 19.9 Å². The maximum absolute atomic E-state index is 13.2. The maximum atomic E-state index is 13.2. The van der Waals surface area contributed by atoms with Crippen LogP contribution in [0.4, 0.5) is 0 Å². The number of likely N-dealkylation sites (tertiary alicyclic amines) is 1. The van der Waals surface area contributed by atoms with Gasteiger partial charge in [0.05, 0.1) is 27.0 Å². The zero-order valence-electron chi connectivity index (χ0n) is 21.8. The van der Waals surface area contributed by atoms with Crippen molar-refractivity contribution >= 4 is 17.4 Å². The second-order valence-corrected chi connectivity index (χ2v) is 10.8. The third kappa shape index (κ3) is 4.07. The fraction of sp³-hybridized carbons (Fsp3) is 0.414. The third-order valence-electron chi connectivity index (χ3n) is 8.43. The van der Waals surface area contributed by atoms with Crippen LogP contribution in [-0.4, -0.2) is 59.5 Å². The number of rotatable bonds is 7. The molecule has 3 aliphatic rings. The van der Waals surface area contributed by atoms with Crippen molar-refractivity contribution in [3.05, 3.63) is 81.8 Å². The smallest absolute Gasteiger partial charge is 0.197 e. The number of benzene rings is 2. The highest BCUT2D eigenvalue weighted by Gasteiger charge is 2.56. The Labute approximate surface area is 227 Å². The molecule has 0 N–H and O–H groups in total. The Kier molecular flexibility index (Phi) is 6.40. The Bertz CT molecular complexity index is 1420. The second-order valence-electron chi connectivity index (χ2n) is 10.4. The van der Waals surface area contributed by atoms with Gasteiger partial charge < -0.3 is 19.1 Å². The van der Waals surface area contributed by atoms with Crippen molar-refractivity contribution in [2.45, 2.75) is 43.9 Å². The lowest BCUT2D eigenvalue weighted by molar-refractivity contribution is -0.122. The number of nitrogens with zero attached hydrogens (tertiary/aromatic N) is 4. The van der Waals surface area contributed by atoms with Crippen molar-refractivity contribution in [2.75, 3.05) is 27.8 Å². The summed E-state index contributed by atoms with van der Waals surface area (Å²) in [5.41, 5.74) is 3.60. The van der Waals surface area contributed by atoms with Crippen molar-refractivity contribution in [2.24, 2.45) is 5.92 Å². The maximum Gasteiger partial charge on any atom is 0.197 e. The first kappa shape index (κ1) is 24.9. The highest BCUT2D eigenvalue weighted by atomic mass is 35.5. The molecule has 198 valence electrons. The molecule has 2 aliphatic carbocycles. The number of hydrogen-bond acceptors (Lipinski definition) is 7. The van der Waals surface area contributed by atoms with Gasteiger partial charge in [-0.05, 0) is 55.8 Å². The average Bonchev–Trinajstić information content (AvgIpc) is 3.37. The first-order valence-corrected chi connectivity index (χ1v) is 13.3. The van der Waals surface area contributed by atoms with Gasteiger partial charge in [-0.15, -0.1) is 5.10 Å². The lowest BCUT2D eigenvalue weighted by Crippen LogP contribution is -2.60. The second kappa shape index (κ2) is 9.75. The van der Waals surface area contributed by atoms with Crippen LogP contribution in [0.2, 0.25) is 5.02 Å². The van der Waals surface area contributed by atoms with E-state index < -0.39 is 0 Å². The van der Waals surface area contributed by atoms with Crippen LogP contribution in [0.5, 0.6) is 11.5 Å². The number of methoxy groups -OCH3 is 2. The zero-order chi connectivity index (χ0) is 26.4. The number of allylic oxidation sites excluding steroid dienone is 1. The number of halogens is 1. The van der Waals surface area contributed by atoms with Gasteiger partial charge in [0, 0.05) is 34.4 Å². The zero-order valence-corrected chi connectivity index (χ0v) is 22.6. The molecule has 1 aromatic heterocycles. The standard InChI is InChI=1S/C29H31ClN4O4/c1-33-11-10-29-14-24(35)26(37-3)13-21(29)23(33)12-18-8-9-25(36-2)28(27(18)29)38-17-20-16-34(32-31-20)15-19-6-4-5-7-22(19)30/h4-9,13,16,21,23H,10-12,14-15,17H2,1-3H3/t21-,23+,29-/m1/s1. The summed E-state index contributed by atoms with van der Waals surface area (Å²) in [5, 5.41) is 9.29. The van der Waals surface area contributed by atoms with Gasteiger partial charge in [-0.3, -0.25) is 4.79 Å². The largest absolute Gasteiger partial charge is 0.493 e. The number of Topliss-reactive ketones (excluding diaryl/α,β-unsaturated/α-hetero) is 1. The van der Waals surface area contributed by atoms with Crippen LogP contribution in [0.1, 0.15) is 35.2 Å². The van der Waals surface area contributed by atoms with E-state index in [0.717, 1.165) is 30.5 Å².